The first-order chi connectivity index (χ1) is 14.8. The van der Waals surface area contributed by atoms with E-state index in [-0.39, 0.29) is 22.9 Å². The number of hydrogen-bond acceptors (Lipinski definition) is 4. The number of aryl methyl sites for hydroxylation is 2. The minimum absolute atomic E-state index is 0.127. The Hall–Kier alpha value is -2.78. The van der Waals surface area contributed by atoms with Crippen molar-refractivity contribution in [1.82, 2.24) is 13.9 Å². The maximum atomic E-state index is 13.7. The molecule has 0 spiro atoms. The highest BCUT2D eigenvalue weighted by Crippen LogP contribution is 2.24. The van der Waals surface area contributed by atoms with Gasteiger partial charge in [-0.2, -0.15) is 4.31 Å². The van der Waals surface area contributed by atoms with Gasteiger partial charge in [0.15, 0.2) is 0 Å². The number of carbonyl (C=O) groups excluding carboxylic acids is 1. The lowest BCUT2D eigenvalue weighted by Crippen LogP contribution is -2.30. The van der Waals surface area contributed by atoms with Crippen LogP contribution in [-0.2, 0) is 27.8 Å². The number of aromatic nitrogens is 2. The van der Waals surface area contributed by atoms with Crippen molar-refractivity contribution < 1.29 is 17.6 Å². The zero-order valence-corrected chi connectivity index (χ0v) is 18.7. The molecule has 0 unspecified atom stereocenters. The van der Waals surface area contributed by atoms with Gasteiger partial charge in [-0.15, -0.1) is 0 Å². The van der Waals surface area contributed by atoms with Gasteiger partial charge < -0.3 is 9.88 Å². The van der Waals surface area contributed by atoms with Crippen molar-refractivity contribution >= 4 is 32.7 Å². The van der Waals surface area contributed by atoms with E-state index in [1.54, 1.807) is 44.2 Å². The van der Waals surface area contributed by atoms with E-state index in [1.807, 2.05) is 11.5 Å². The molecule has 1 amide bonds. The van der Waals surface area contributed by atoms with Gasteiger partial charge in [0, 0.05) is 32.5 Å². The highest BCUT2D eigenvalue weighted by atomic mass is 32.2. The van der Waals surface area contributed by atoms with Gasteiger partial charge in [-0.25, -0.2) is 17.8 Å². The van der Waals surface area contributed by atoms with Crippen molar-refractivity contribution in [2.24, 2.45) is 0 Å². The summed E-state index contributed by atoms with van der Waals surface area (Å²) in [5.41, 5.74) is 1.52. The average Bonchev–Trinajstić information content (AvgIpc) is 3.11. The van der Waals surface area contributed by atoms with Crippen molar-refractivity contribution in [1.29, 1.82) is 0 Å². The summed E-state index contributed by atoms with van der Waals surface area (Å²) in [7, 11) is -3.58. The fourth-order valence-corrected chi connectivity index (χ4v) is 5.06. The van der Waals surface area contributed by atoms with Crippen molar-refractivity contribution in [2.75, 3.05) is 18.4 Å². The Bertz CT molecular complexity index is 1190. The average molecular weight is 447 g/mol. The summed E-state index contributed by atoms with van der Waals surface area (Å²) < 4.78 is 42.7. The molecule has 9 heteroatoms. The Morgan fingerprint density at radius 1 is 1.13 bits per heavy atom. The third-order valence-corrected chi connectivity index (χ3v) is 7.23. The molecule has 7 nitrogen and oxygen atoms in total. The highest BCUT2D eigenvalue weighted by molar-refractivity contribution is 7.89. The molecule has 0 bridgehead atoms. The number of nitrogens with one attached hydrogen (secondary N) is 1. The fourth-order valence-electron chi connectivity index (χ4n) is 3.58. The normalized spacial score (nSPS) is 11.9. The summed E-state index contributed by atoms with van der Waals surface area (Å²) in [6.07, 6.45) is 0.475. The number of fused-ring (bicyclic) bond motifs is 1. The van der Waals surface area contributed by atoms with Crippen LogP contribution in [0.1, 0.15) is 33.0 Å². The minimum atomic E-state index is -3.58. The largest absolute Gasteiger partial charge is 0.328 e. The van der Waals surface area contributed by atoms with Crippen LogP contribution in [0.2, 0.25) is 0 Å². The molecule has 1 aromatic heterocycles. The van der Waals surface area contributed by atoms with E-state index in [0.29, 0.717) is 37.4 Å². The molecule has 31 heavy (non-hydrogen) atoms. The molecule has 0 radical (unpaired) electrons. The van der Waals surface area contributed by atoms with Crippen LogP contribution in [0.3, 0.4) is 0 Å². The first kappa shape index (κ1) is 22.9. The second-order valence-corrected chi connectivity index (χ2v) is 8.98. The molecule has 0 aliphatic heterocycles. The summed E-state index contributed by atoms with van der Waals surface area (Å²) in [6.45, 7) is 6.98. The second-order valence-electron chi connectivity index (χ2n) is 7.04. The number of nitrogens with zero attached hydrogens (tertiary/aromatic N) is 3. The number of sulfonamides is 1. The molecule has 3 aromatic rings. The molecular weight excluding hydrogens is 419 g/mol. The minimum Gasteiger partial charge on any atom is -0.328 e. The van der Waals surface area contributed by atoms with Crippen LogP contribution >= 0.6 is 0 Å². The van der Waals surface area contributed by atoms with Crippen LogP contribution in [0.15, 0.2) is 47.4 Å². The lowest BCUT2D eigenvalue weighted by molar-refractivity contribution is -0.116. The first-order valence-corrected chi connectivity index (χ1v) is 11.8. The lowest BCUT2D eigenvalue weighted by Gasteiger charge is -2.18. The summed E-state index contributed by atoms with van der Waals surface area (Å²) in [4.78, 5) is 17.1. The highest BCUT2D eigenvalue weighted by Gasteiger charge is 2.23. The van der Waals surface area contributed by atoms with Crippen LogP contribution in [0, 0.1) is 5.82 Å². The number of benzene rings is 2. The number of rotatable bonds is 9. The Labute approximate surface area is 181 Å². The predicted octanol–water partition coefficient (Wildman–Crippen LogP) is 3.80. The topological polar surface area (TPSA) is 84.3 Å². The summed E-state index contributed by atoms with van der Waals surface area (Å²) in [6, 6.07) is 10.9. The fraction of sp³-hybridized carbons (Fsp3) is 0.364. The summed E-state index contributed by atoms with van der Waals surface area (Å²) in [5, 5.41) is 2.57. The van der Waals surface area contributed by atoms with E-state index in [1.165, 1.54) is 16.4 Å². The first-order valence-electron chi connectivity index (χ1n) is 10.4. The molecule has 0 saturated heterocycles. The van der Waals surface area contributed by atoms with Gasteiger partial charge >= 0.3 is 0 Å². The quantitative estimate of drug-likeness (QED) is 0.542. The summed E-state index contributed by atoms with van der Waals surface area (Å²) in [5.74, 6) is -0.123. The smallest absolute Gasteiger partial charge is 0.243 e. The number of hydrogen-bond donors (Lipinski definition) is 1. The van der Waals surface area contributed by atoms with Crippen LogP contribution in [0.4, 0.5) is 10.1 Å². The van der Waals surface area contributed by atoms with Crippen LogP contribution in [0.25, 0.3) is 11.0 Å². The molecule has 0 saturated carbocycles. The van der Waals surface area contributed by atoms with Gasteiger partial charge in [-0.1, -0.05) is 26.0 Å². The molecule has 1 N–H and O–H groups in total. The molecule has 1 heterocycles. The Kier molecular flexibility index (Phi) is 7.07. The number of imidazole rings is 1. The van der Waals surface area contributed by atoms with E-state index in [2.05, 4.69) is 10.3 Å². The van der Waals surface area contributed by atoms with Crippen molar-refractivity contribution in [3.8, 4) is 0 Å². The third-order valence-electron chi connectivity index (χ3n) is 5.18. The van der Waals surface area contributed by atoms with E-state index in [4.69, 9.17) is 0 Å². The maximum Gasteiger partial charge on any atom is 0.243 e. The Morgan fingerprint density at radius 2 is 1.84 bits per heavy atom. The van der Waals surface area contributed by atoms with Crippen molar-refractivity contribution in [3.05, 3.63) is 54.1 Å². The molecule has 0 aliphatic rings. The predicted molar refractivity (Wildman–Crippen MR) is 119 cm³/mol. The number of amides is 1. The SMILES string of the molecule is CCN(CC)S(=O)(=O)c1ccc2c(c1)nc(CCC(=O)Nc1ccccc1F)n2CC. The molecule has 3 rings (SSSR count). The molecule has 2 aromatic carbocycles. The third kappa shape index (κ3) is 4.77. The van der Waals surface area contributed by atoms with Gasteiger partial charge in [-0.05, 0) is 37.3 Å². The number of carbonyl (C=O) groups is 1. The van der Waals surface area contributed by atoms with Crippen molar-refractivity contribution in [2.45, 2.75) is 45.1 Å². The van der Waals surface area contributed by atoms with E-state index in [9.17, 15) is 17.6 Å². The monoisotopic (exact) mass is 446 g/mol. The van der Waals surface area contributed by atoms with Crippen LogP contribution in [-0.4, -0.2) is 41.3 Å². The van der Waals surface area contributed by atoms with E-state index >= 15 is 0 Å². The molecule has 166 valence electrons. The van der Waals surface area contributed by atoms with Gasteiger partial charge in [0.05, 0.1) is 21.6 Å². The number of para-hydroxylation sites is 1. The number of halogens is 1. The Balaban J connectivity index is 1.83. The molecule has 0 atom stereocenters. The molecule has 0 aliphatic carbocycles. The standard InChI is InChI=1S/C22H27FN4O3S/c1-4-26(5-2)31(29,30)16-11-12-20-19(15-16)24-21(27(20)6-3)13-14-22(28)25-18-10-8-7-9-17(18)23/h7-12,15H,4-6,13-14H2,1-3H3,(H,25,28). The maximum absolute atomic E-state index is 13.7. The zero-order valence-electron chi connectivity index (χ0n) is 17.9. The van der Waals surface area contributed by atoms with Crippen LogP contribution < -0.4 is 5.32 Å². The molecular formula is C22H27FN4O3S. The van der Waals surface area contributed by atoms with Gasteiger partial charge in [0.2, 0.25) is 15.9 Å². The van der Waals surface area contributed by atoms with Gasteiger partial charge in [0.1, 0.15) is 11.6 Å². The Morgan fingerprint density at radius 3 is 2.48 bits per heavy atom. The summed E-state index contributed by atoms with van der Waals surface area (Å²) >= 11 is 0. The van der Waals surface area contributed by atoms with Gasteiger partial charge in [0.25, 0.3) is 0 Å². The van der Waals surface area contributed by atoms with E-state index in [0.717, 1.165) is 5.52 Å². The van der Waals surface area contributed by atoms with E-state index < -0.39 is 15.8 Å². The second kappa shape index (κ2) is 9.57. The van der Waals surface area contributed by atoms with Gasteiger partial charge in [-0.3, -0.25) is 4.79 Å². The lowest BCUT2D eigenvalue weighted by atomic mass is 10.2. The zero-order chi connectivity index (χ0) is 22.6. The number of anilines is 1. The van der Waals surface area contributed by atoms with Crippen molar-refractivity contribution in [3.63, 3.8) is 0 Å². The van der Waals surface area contributed by atoms with Crippen LogP contribution in [0.5, 0.6) is 0 Å². The molecule has 0 fully saturated rings.